The molecule has 0 saturated heterocycles. The number of carbonyl (C=O) groups is 4. The van der Waals surface area contributed by atoms with Gasteiger partial charge in [0.05, 0.1) is 16.5 Å². The monoisotopic (exact) mass is 1030 g/mol. The van der Waals surface area contributed by atoms with Gasteiger partial charge in [0.2, 0.25) is 0 Å². The average molecular weight is 1030 g/mol. The predicted molar refractivity (Wildman–Crippen MR) is 309 cm³/mol. The van der Waals surface area contributed by atoms with Crippen LogP contribution in [-0.2, 0) is 5.41 Å². The Morgan fingerprint density at radius 3 is 1.53 bits per heavy atom. The van der Waals surface area contributed by atoms with Gasteiger partial charge in [0.15, 0.2) is 11.6 Å². The molecule has 0 spiro atoms. The minimum atomic E-state index is -1.02. The van der Waals surface area contributed by atoms with Crippen LogP contribution in [0.2, 0.25) is 0 Å². The van der Waals surface area contributed by atoms with Crippen LogP contribution in [0.25, 0.3) is 10.8 Å². The van der Waals surface area contributed by atoms with Gasteiger partial charge in [-0.05, 0) is 186 Å². The van der Waals surface area contributed by atoms with E-state index in [4.69, 9.17) is 18.9 Å². The van der Waals surface area contributed by atoms with Crippen molar-refractivity contribution in [3.63, 3.8) is 0 Å². The van der Waals surface area contributed by atoms with Crippen LogP contribution in [0.15, 0.2) is 109 Å². The summed E-state index contributed by atoms with van der Waals surface area (Å²) in [5.74, 6) is 1.59. The number of aryl methyl sites for hydroxylation is 4. The summed E-state index contributed by atoms with van der Waals surface area (Å²) in [5.41, 5.74) is 4.80. The molecule has 0 N–H and O–H groups in total. The number of hydrogen-bond donors (Lipinski definition) is 0. The molecule has 0 bridgehead atoms. The zero-order valence-corrected chi connectivity index (χ0v) is 48.7. The van der Waals surface area contributed by atoms with Gasteiger partial charge in [-0.2, -0.15) is 0 Å². The molecule has 0 aliphatic rings. The van der Waals surface area contributed by atoms with E-state index in [9.17, 15) is 19.2 Å². The third kappa shape index (κ3) is 12.3. The lowest BCUT2D eigenvalue weighted by molar-refractivity contribution is -0.0274. The second-order valence-corrected chi connectivity index (χ2v) is 23.3. The van der Waals surface area contributed by atoms with Crippen molar-refractivity contribution in [1.29, 1.82) is 0 Å². The molecular formula is C68H84O8. The third-order valence-corrected chi connectivity index (χ3v) is 16.7. The van der Waals surface area contributed by atoms with Gasteiger partial charge in [-0.15, -0.1) is 0 Å². The lowest BCUT2D eigenvalue weighted by Gasteiger charge is -2.44. The maximum absolute atomic E-state index is 14.9. The second-order valence-electron chi connectivity index (χ2n) is 23.3. The molecule has 0 aliphatic heterocycles. The molecule has 0 saturated carbocycles. The van der Waals surface area contributed by atoms with Crippen LogP contribution in [0.3, 0.4) is 0 Å². The summed E-state index contributed by atoms with van der Waals surface area (Å²) < 4.78 is 25.6. The Kier molecular flexibility index (Phi) is 18.1. The van der Waals surface area contributed by atoms with Crippen LogP contribution < -0.4 is 18.9 Å². The van der Waals surface area contributed by atoms with Gasteiger partial charge in [0.25, 0.3) is 0 Å². The smallest absolute Gasteiger partial charge is 0.343 e. The first-order chi connectivity index (χ1) is 35.7. The Bertz CT molecular complexity index is 3050. The van der Waals surface area contributed by atoms with Crippen LogP contribution >= 0.6 is 0 Å². The topological polar surface area (TPSA) is 105 Å². The van der Waals surface area contributed by atoms with Crippen molar-refractivity contribution < 1.29 is 38.1 Å². The van der Waals surface area contributed by atoms with Crippen LogP contribution in [0.4, 0.5) is 0 Å². The Labute approximate surface area is 454 Å². The summed E-state index contributed by atoms with van der Waals surface area (Å²) in [7, 11) is 0. The molecule has 6 rings (SSSR count). The molecule has 8 nitrogen and oxygen atoms in total. The van der Waals surface area contributed by atoms with Crippen molar-refractivity contribution >= 4 is 34.3 Å². The molecule has 404 valence electrons. The van der Waals surface area contributed by atoms with Gasteiger partial charge in [-0.25, -0.2) is 9.59 Å². The van der Waals surface area contributed by atoms with Crippen LogP contribution in [-0.4, -0.2) is 34.7 Å². The molecular weight excluding hydrogens is 945 g/mol. The van der Waals surface area contributed by atoms with E-state index < -0.39 is 28.4 Å². The minimum absolute atomic E-state index is 0.0432. The van der Waals surface area contributed by atoms with Gasteiger partial charge in [-0.3, -0.25) is 9.59 Å². The molecule has 76 heavy (non-hydrogen) atoms. The van der Waals surface area contributed by atoms with E-state index in [1.54, 1.807) is 60.7 Å². The van der Waals surface area contributed by atoms with E-state index in [0.29, 0.717) is 52.7 Å². The lowest BCUT2D eigenvalue weighted by Crippen LogP contribution is -2.52. The number of esters is 2. The maximum atomic E-state index is 14.9. The highest BCUT2D eigenvalue weighted by molar-refractivity contribution is 6.04. The number of carbonyl (C=O) groups excluding carboxylic acids is 4. The third-order valence-electron chi connectivity index (χ3n) is 16.7. The number of benzene rings is 6. The summed E-state index contributed by atoms with van der Waals surface area (Å²) in [6.45, 7) is 35.4. The fourth-order valence-electron chi connectivity index (χ4n) is 11.0. The summed E-state index contributed by atoms with van der Waals surface area (Å²) in [6.07, 6.45) is 5.39. The first-order valence-electron chi connectivity index (χ1n) is 27.6. The fraction of sp³-hybridized carbons (Fsp3) is 0.441. The molecule has 0 radical (unpaired) electrons. The van der Waals surface area contributed by atoms with Crippen molar-refractivity contribution in [1.82, 2.24) is 0 Å². The molecule has 0 amide bonds. The number of ketones is 2. The minimum Gasteiger partial charge on any atom is -0.487 e. The first kappa shape index (κ1) is 58.7. The normalized spacial score (nSPS) is 14.3. The highest BCUT2D eigenvalue weighted by atomic mass is 16.5. The molecule has 0 heterocycles. The summed E-state index contributed by atoms with van der Waals surface area (Å²) in [4.78, 5) is 55.5. The Hall–Kier alpha value is -6.54. The number of fused-ring (bicyclic) bond motifs is 1. The lowest BCUT2D eigenvalue weighted by atomic mass is 9.66. The summed E-state index contributed by atoms with van der Waals surface area (Å²) in [5, 5.41) is 1.70. The molecule has 3 unspecified atom stereocenters. The zero-order valence-electron chi connectivity index (χ0n) is 48.7. The van der Waals surface area contributed by atoms with E-state index in [-0.39, 0.29) is 28.1 Å². The van der Waals surface area contributed by atoms with E-state index in [2.05, 4.69) is 86.6 Å². The molecule has 0 fully saturated rings. The fourth-order valence-corrected chi connectivity index (χ4v) is 11.0. The van der Waals surface area contributed by atoms with Gasteiger partial charge >= 0.3 is 11.9 Å². The van der Waals surface area contributed by atoms with E-state index >= 15 is 0 Å². The van der Waals surface area contributed by atoms with E-state index in [1.807, 2.05) is 79.7 Å². The van der Waals surface area contributed by atoms with Crippen molar-refractivity contribution in [3.8, 4) is 23.0 Å². The highest BCUT2D eigenvalue weighted by Gasteiger charge is 2.50. The zero-order chi connectivity index (χ0) is 56.1. The Morgan fingerprint density at radius 2 is 1.00 bits per heavy atom. The molecule has 6 aromatic rings. The Morgan fingerprint density at radius 1 is 0.487 bits per heavy atom. The maximum Gasteiger partial charge on any atom is 0.343 e. The largest absolute Gasteiger partial charge is 0.487 e. The number of ether oxygens (including phenoxy) is 4. The standard InChI is InChI=1S/C68H84O8/c1-18-34-64(12,13)60(69)49-26-28-50(29-27-49)62(71)73-56-32-30-48-31-33-57(41-53(48)40-56)75-68(17,22-5)67(16,21-4)61(70)51-24-23-25-52(39-51)63(72)74-58-44(8)35-54(36-45(58)9)66(15,42-43(6)7)55-37-46(10)59(47(11)38-55)76-65(14,19-2)20-3/h23-33,35-41,43H,18-22,34,42H2,1-17H3. The van der Waals surface area contributed by atoms with Crippen molar-refractivity contribution in [2.45, 2.75) is 179 Å². The number of hydrogen-bond acceptors (Lipinski definition) is 8. The summed E-state index contributed by atoms with van der Waals surface area (Å²) >= 11 is 0. The van der Waals surface area contributed by atoms with Crippen LogP contribution in [0.1, 0.15) is 210 Å². The van der Waals surface area contributed by atoms with Crippen LogP contribution in [0, 0.1) is 44.4 Å². The predicted octanol–water partition coefficient (Wildman–Crippen LogP) is 17.7. The number of Topliss-reactive ketones (excluding diaryl/α,β-unsaturated/α-hetero) is 2. The number of rotatable bonds is 23. The highest BCUT2D eigenvalue weighted by Crippen LogP contribution is 2.46. The molecule has 3 atom stereocenters. The quantitative estimate of drug-likeness (QED) is 0.0355. The Balaban J connectivity index is 1.20. The average Bonchev–Trinajstić information content (AvgIpc) is 3.40. The van der Waals surface area contributed by atoms with Gasteiger partial charge in [0.1, 0.15) is 34.2 Å². The SMILES string of the molecule is CCCC(C)(C)C(=O)c1ccc(C(=O)Oc2ccc3ccc(OC(C)(CC)C(C)(CC)C(=O)c4cccc(C(=O)Oc5c(C)cc(C(C)(CC(C)C)c6cc(C)c(OC(C)(CC)CC)c(C)c6)cc5C)c4)cc3c2)cc1. The molecule has 0 aliphatic carbocycles. The van der Waals surface area contributed by atoms with Gasteiger partial charge in [-0.1, -0.05) is 136 Å². The molecule has 6 aromatic carbocycles. The second kappa shape index (κ2) is 23.4. The van der Waals surface area contributed by atoms with E-state index in [0.717, 1.165) is 76.4 Å². The van der Waals surface area contributed by atoms with Gasteiger partial charge < -0.3 is 18.9 Å². The first-order valence-corrected chi connectivity index (χ1v) is 27.6. The molecule has 8 heteroatoms. The van der Waals surface area contributed by atoms with Crippen LogP contribution in [0.5, 0.6) is 23.0 Å². The summed E-state index contributed by atoms with van der Waals surface area (Å²) in [6, 6.07) is 33.4. The van der Waals surface area contributed by atoms with Crippen molar-refractivity contribution in [3.05, 3.63) is 165 Å². The van der Waals surface area contributed by atoms with E-state index in [1.165, 1.54) is 5.56 Å². The van der Waals surface area contributed by atoms with Gasteiger partial charge in [0, 0.05) is 22.0 Å². The van der Waals surface area contributed by atoms with Crippen molar-refractivity contribution in [2.75, 3.05) is 0 Å². The van der Waals surface area contributed by atoms with Crippen molar-refractivity contribution in [2.24, 2.45) is 16.7 Å². The molecule has 0 aromatic heterocycles.